The molecule has 1 unspecified atom stereocenters. The zero-order valence-corrected chi connectivity index (χ0v) is 17.8. The van der Waals surface area contributed by atoms with Crippen LogP contribution >= 0.6 is 0 Å². The van der Waals surface area contributed by atoms with Crippen LogP contribution in [0.25, 0.3) is 0 Å². The molecule has 5 heteroatoms. The minimum absolute atomic E-state index is 0.164. The van der Waals surface area contributed by atoms with Gasteiger partial charge in [0.15, 0.2) is 6.54 Å². The van der Waals surface area contributed by atoms with Crippen molar-refractivity contribution in [2.24, 2.45) is 5.92 Å². The van der Waals surface area contributed by atoms with Crippen molar-refractivity contribution in [1.29, 1.82) is 0 Å². The number of benzene rings is 1. The Kier molecular flexibility index (Phi) is 6.45. The van der Waals surface area contributed by atoms with Gasteiger partial charge in [0, 0.05) is 23.9 Å². The van der Waals surface area contributed by atoms with Crippen molar-refractivity contribution >= 4 is 5.91 Å². The van der Waals surface area contributed by atoms with E-state index in [1.165, 1.54) is 36.1 Å². The van der Waals surface area contributed by atoms with Crippen LogP contribution in [-0.4, -0.2) is 42.9 Å². The van der Waals surface area contributed by atoms with Gasteiger partial charge in [-0.15, -0.1) is 0 Å². The van der Waals surface area contributed by atoms with Crippen molar-refractivity contribution in [2.75, 3.05) is 20.2 Å². The number of quaternary nitrogens is 1. The van der Waals surface area contributed by atoms with Crippen LogP contribution in [0.2, 0.25) is 0 Å². The Bertz CT molecular complexity index is 686. The molecule has 1 aromatic carbocycles. The molecule has 1 heterocycles. The number of amides is 1. The van der Waals surface area contributed by atoms with Crippen molar-refractivity contribution in [1.82, 2.24) is 5.32 Å². The molecule has 3 aliphatic rings. The second kappa shape index (κ2) is 9.05. The fourth-order valence-corrected chi connectivity index (χ4v) is 6.06. The van der Waals surface area contributed by atoms with E-state index in [9.17, 15) is 9.90 Å². The van der Waals surface area contributed by atoms with Gasteiger partial charge >= 0.3 is 0 Å². The molecule has 2 aliphatic carbocycles. The lowest BCUT2D eigenvalue weighted by molar-refractivity contribution is -0.937. The van der Waals surface area contributed by atoms with Gasteiger partial charge in [0.2, 0.25) is 0 Å². The van der Waals surface area contributed by atoms with Crippen molar-refractivity contribution in [3.05, 3.63) is 29.8 Å². The first-order valence-electron chi connectivity index (χ1n) is 11.6. The van der Waals surface area contributed by atoms with Crippen LogP contribution in [0.1, 0.15) is 75.8 Å². The smallest absolute Gasteiger partial charge is 0.275 e. The molecule has 1 amide bonds. The highest BCUT2D eigenvalue weighted by Gasteiger charge is 2.51. The second-order valence-corrected chi connectivity index (χ2v) is 9.44. The van der Waals surface area contributed by atoms with E-state index in [2.05, 4.69) is 17.4 Å². The minimum atomic E-state index is -0.577. The highest BCUT2D eigenvalue weighted by atomic mass is 16.5. The number of rotatable bonds is 5. The number of hydrogen-bond donors (Lipinski definition) is 3. The summed E-state index contributed by atoms with van der Waals surface area (Å²) in [4.78, 5) is 14.2. The van der Waals surface area contributed by atoms with Gasteiger partial charge in [-0.1, -0.05) is 32.1 Å². The van der Waals surface area contributed by atoms with Crippen molar-refractivity contribution < 1.29 is 19.5 Å². The monoisotopic (exact) mass is 401 g/mol. The zero-order valence-electron chi connectivity index (χ0n) is 17.8. The maximum atomic E-state index is 12.9. The average molecular weight is 402 g/mol. The Morgan fingerprint density at radius 2 is 1.83 bits per heavy atom. The summed E-state index contributed by atoms with van der Waals surface area (Å²) in [6, 6.07) is 8.78. The molecule has 160 valence electrons. The number of carbonyl (C=O) groups excluding carboxylic acids is 1. The molecule has 1 saturated heterocycles. The Morgan fingerprint density at radius 3 is 2.55 bits per heavy atom. The molecular weight excluding hydrogens is 364 g/mol. The topological polar surface area (TPSA) is 63.0 Å². The molecule has 0 bridgehead atoms. The predicted molar refractivity (Wildman–Crippen MR) is 113 cm³/mol. The molecule has 2 saturated carbocycles. The largest absolute Gasteiger partial charge is 0.497 e. The van der Waals surface area contributed by atoms with Gasteiger partial charge in [0.05, 0.1) is 19.3 Å². The van der Waals surface area contributed by atoms with Crippen LogP contribution in [-0.2, 0) is 4.79 Å². The highest BCUT2D eigenvalue weighted by molar-refractivity contribution is 5.77. The summed E-state index contributed by atoms with van der Waals surface area (Å²) in [5.41, 5.74) is 0.642. The van der Waals surface area contributed by atoms with E-state index in [1.54, 1.807) is 7.11 Å². The van der Waals surface area contributed by atoms with E-state index in [1.807, 2.05) is 12.1 Å². The molecular formula is C24H37N2O3+. The Hall–Kier alpha value is -1.59. The van der Waals surface area contributed by atoms with Crippen LogP contribution < -0.4 is 15.0 Å². The summed E-state index contributed by atoms with van der Waals surface area (Å²) in [6.45, 7) is 1.35. The standard InChI is InChI=1S/C24H36N2O3/c1-29-20-12-10-18(11-13-20)23-21-9-5-6-14-24(21,28)15-16-26(23)17-22(27)25-19-7-3-2-4-8-19/h10-13,19,21,23,28H,2-9,14-17H2,1H3,(H,25,27)/p+1/t21-,23+,24-/m1/s1. The summed E-state index contributed by atoms with van der Waals surface area (Å²) in [7, 11) is 1.68. The predicted octanol–water partition coefficient (Wildman–Crippen LogP) is 2.40. The fourth-order valence-electron chi connectivity index (χ4n) is 6.06. The second-order valence-electron chi connectivity index (χ2n) is 9.44. The van der Waals surface area contributed by atoms with Crippen LogP contribution in [0.4, 0.5) is 0 Å². The SMILES string of the molecule is COc1ccc([C@H]2[C@H]3CCCC[C@@]3(O)CC[NH+]2CC(=O)NC2CCCCC2)cc1. The van der Waals surface area contributed by atoms with Gasteiger partial charge in [-0.05, 0) is 49.9 Å². The molecule has 0 radical (unpaired) electrons. The van der Waals surface area contributed by atoms with Gasteiger partial charge in [-0.2, -0.15) is 0 Å². The number of aliphatic hydroxyl groups is 1. The summed E-state index contributed by atoms with van der Waals surface area (Å²) in [5, 5.41) is 14.7. The first-order valence-corrected chi connectivity index (χ1v) is 11.6. The number of piperidine rings is 1. The Balaban J connectivity index is 1.52. The van der Waals surface area contributed by atoms with E-state index in [-0.39, 0.29) is 17.9 Å². The van der Waals surface area contributed by atoms with Crippen LogP contribution in [0.5, 0.6) is 5.75 Å². The number of carbonyl (C=O) groups is 1. The lowest BCUT2D eigenvalue weighted by Crippen LogP contribution is -3.16. The number of fused-ring (bicyclic) bond motifs is 1. The molecule has 4 atom stereocenters. The normalized spacial score (nSPS) is 33.0. The first-order chi connectivity index (χ1) is 14.1. The summed E-state index contributed by atoms with van der Waals surface area (Å²) >= 11 is 0. The molecule has 3 fully saturated rings. The van der Waals surface area contributed by atoms with Gasteiger partial charge in [0.25, 0.3) is 5.91 Å². The maximum Gasteiger partial charge on any atom is 0.275 e. The van der Waals surface area contributed by atoms with Crippen LogP contribution in [0.15, 0.2) is 24.3 Å². The maximum absolute atomic E-state index is 12.9. The summed E-state index contributed by atoms with van der Waals surface area (Å²) < 4.78 is 5.34. The Labute approximate surface area is 174 Å². The average Bonchev–Trinajstić information content (AvgIpc) is 2.74. The number of ether oxygens (including phenoxy) is 1. The van der Waals surface area contributed by atoms with E-state index in [0.717, 1.165) is 50.8 Å². The van der Waals surface area contributed by atoms with Gasteiger partial charge in [0.1, 0.15) is 11.8 Å². The van der Waals surface area contributed by atoms with Crippen molar-refractivity contribution in [3.63, 3.8) is 0 Å². The third kappa shape index (κ3) is 4.61. The van der Waals surface area contributed by atoms with E-state index in [0.29, 0.717) is 12.6 Å². The van der Waals surface area contributed by atoms with Gasteiger partial charge in [-0.25, -0.2) is 0 Å². The highest BCUT2D eigenvalue weighted by Crippen LogP contribution is 2.44. The first kappa shape index (κ1) is 20.7. The minimum Gasteiger partial charge on any atom is -0.497 e. The van der Waals surface area contributed by atoms with Gasteiger partial charge < -0.3 is 20.1 Å². The summed E-state index contributed by atoms with van der Waals surface area (Å²) in [5.74, 6) is 1.24. The number of methoxy groups -OCH3 is 1. The van der Waals surface area contributed by atoms with Crippen LogP contribution in [0, 0.1) is 5.92 Å². The fraction of sp³-hybridized carbons (Fsp3) is 0.708. The van der Waals surface area contributed by atoms with E-state index >= 15 is 0 Å². The third-order valence-corrected chi connectivity index (χ3v) is 7.62. The van der Waals surface area contributed by atoms with Crippen LogP contribution in [0.3, 0.4) is 0 Å². The molecule has 5 nitrogen and oxygen atoms in total. The zero-order chi connectivity index (χ0) is 20.3. The number of likely N-dealkylation sites (tertiary alicyclic amines) is 1. The molecule has 29 heavy (non-hydrogen) atoms. The summed E-state index contributed by atoms with van der Waals surface area (Å²) in [6.07, 6.45) is 11.0. The number of hydrogen-bond acceptors (Lipinski definition) is 3. The number of nitrogens with one attached hydrogen (secondary N) is 2. The quantitative estimate of drug-likeness (QED) is 0.710. The molecule has 0 aromatic heterocycles. The molecule has 0 spiro atoms. The lowest BCUT2D eigenvalue weighted by atomic mass is 9.66. The molecule has 4 rings (SSSR count). The third-order valence-electron chi connectivity index (χ3n) is 7.62. The Morgan fingerprint density at radius 1 is 1.10 bits per heavy atom. The van der Waals surface area contributed by atoms with Gasteiger partial charge in [-0.3, -0.25) is 4.79 Å². The van der Waals surface area contributed by atoms with Crippen molar-refractivity contribution in [2.45, 2.75) is 81.9 Å². The van der Waals surface area contributed by atoms with E-state index < -0.39 is 5.60 Å². The van der Waals surface area contributed by atoms with E-state index in [4.69, 9.17) is 4.74 Å². The van der Waals surface area contributed by atoms with Crippen molar-refractivity contribution in [3.8, 4) is 5.75 Å². The lowest BCUT2D eigenvalue weighted by Gasteiger charge is -2.50. The molecule has 1 aromatic rings. The molecule has 1 aliphatic heterocycles. The molecule has 3 N–H and O–H groups in total.